The van der Waals surface area contributed by atoms with Crippen molar-refractivity contribution in [1.29, 1.82) is 0 Å². The minimum atomic E-state index is 0.671. The van der Waals surface area contributed by atoms with Gasteiger partial charge in [-0.1, -0.05) is 0 Å². The minimum Gasteiger partial charge on any atom is -0.383 e. The van der Waals surface area contributed by atoms with Gasteiger partial charge in [-0.25, -0.2) is 4.98 Å². The highest BCUT2D eigenvalue weighted by atomic mass is 16.5. The van der Waals surface area contributed by atoms with E-state index in [9.17, 15) is 0 Å². The molecule has 0 spiro atoms. The number of anilines is 1. The molecule has 0 aliphatic heterocycles. The average Bonchev–Trinajstić information content (AvgIpc) is 2.65. The molecule has 5 nitrogen and oxygen atoms in total. The number of aromatic nitrogens is 3. The lowest BCUT2D eigenvalue weighted by Gasteiger charge is -2.08. The van der Waals surface area contributed by atoms with Crippen LogP contribution in [0.4, 0.5) is 5.82 Å². The molecule has 0 aliphatic rings. The molecule has 0 atom stereocenters. The van der Waals surface area contributed by atoms with Gasteiger partial charge in [-0.3, -0.25) is 0 Å². The summed E-state index contributed by atoms with van der Waals surface area (Å²) in [5, 5.41) is 7.39. The molecule has 0 fully saturated rings. The fourth-order valence-corrected chi connectivity index (χ4v) is 1.46. The number of hydrogen-bond donors (Lipinski definition) is 1. The molecule has 0 amide bonds. The van der Waals surface area contributed by atoms with Crippen LogP contribution in [0.1, 0.15) is 5.56 Å². The largest absolute Gasteiger partial charge is 0.383 e. The van der Waals surface area contributed by atoms with E-state index < -0.39 is 0 Å². The predicted molar refractivity (Wildman–Crippen MR) is 58.1 cm³/mol. The Labute approximate surface area is 88.1 Å². The van der Waals surface area contributed by atoms with Gasteiger partial charge in [0.05, 0.1) is 6.61 Å². The second-order valence-electron chi connectivity index (χ2n) is 3.37. The van der Waals surface area contributed by atoms with Crippen LogP contribution in [0.15, 0.2) is 18.5 Å². The topological polar surface area (TPSA) is 51.5 Å². The molecule has 0 bridgehead atoms. The molecule has 0 saturated carbocycles. The lowest BCUT2D eigenvalue weighted by atomic mass is 10.3. The van der Waals surface area contributed by atoms with Crippen LogP contribution in [0.5, 0.6) is 0 Å². The second kappa shape index (κ2) is 4.27. The van der Waals surface area contributed by atoms with Crippen LogP contribution >= 0.6 is 0 Å². The van der Waals surface area contributed by atoms with Crippen molar-refractivity contribution in [3.8, 4) is 0 Å². The third kappa shape index (κ3) is 2.07. The molecular formula is C10H14N4O. The van der Waals surface area contributed by atoms with Crippen molar-refractivity contribution in [3.05, 3.63) is 24.0 Å². The van der Waals surface area contributed by atoms with Crippen LogP contribution in [-0.4, -0.2) is 34.9 Å². The van der Waals surface area contributed by atoms with E-state index >= 15 is 0 Å². The Morgan fingerprint density at radius 3 is 3.13 bits per heavy atom. The van der Waals surface area contributed by atoms with E-state index in [4.69, 9.17) is 4.74 Å². The van der Waals surface area contributed by atoms with Crippen molar-refractivity contribution in [2.45, 2.75) is 6.92 Å². The Balaban J connectivity index is 2.27. The molecule has 1 N–H and O–H groups in total. The van der Waals surface area contributed by atoms with Crippen molar-refractivity contribution in [2.24, 2.45) is 0 Å². The van der Waals surface area contributed by atoms with Crippen LogP contribution < -0.4 is 5.32 Å². The SMILES string of the molecule is COCCNc1cc(C)cc2ncnn12. The first-order valence-corrected chi connectivity index (χ1v) is 4.84. The average molecular weight is 206 g/mol. The number of nitrogens with one attached hydrogen (secondary N) is 1. The summed E-state index contributed by atoms with van der Waals surface area (Å²) in [5.74, 6) is 0.944. The van der Waals surface area contributed by atoms with Crippen LogP contribution in [0.25, 0.3) is 5.65 Å². The first-order valence-electron chi connectivity index (χ1n) is 4.84. The standard InChI is InChI=1S/C10H14N4O/c1-8-5-9(11-3-4-15-2)14-10(6-8)12-7-13-14/h5-7,11H,3-4H2,1-2H3. The van der Waals surface area contributed by atoms with Crippen molar-refractivity contribution >= 4 is 11.5 Å². The van der Waals surface area contributed by atoms with Crippen molar-refractivity contribution in [3.63, 3.8) is 0 Å². The molecule has 2 aromatic rings. The van der Waals surface area contributed by atoms with Gasteiger partial charge in [-0.2, -0.15) is 9.61 Å². The molecule has 0 unspecified atom stereocenters. The minimum absolute atomic E-state index is 0.671. The van der Waals surface area contributed by atoms with E-state index in [1.165, 1.54) is 0 Å². The number of hydrogen-bond acceptors (Lipinski definition) is 4. The highest BCUT2D eigenvalue weighted by molar-refractivity contribution is 5.51. The number of ether oxygens (including phenoxy) is 1. The summed E-state index contributed by atoms with van der Waals surface area (Å²) in [5.41, 5.74) is 2.02. The van der Waals surface area contributed by atoms with Gasteiger partial charge < -0.3 is 10.1 Å². The first kappa shape index (κ1) is 9.92. The van der Waals surface area contributed by atoms with E-state index in [1.54, 1.807) is 18.0 Å². The van der Waals surface area contributed by atoms with Gasteiger partial charge in [-0.15, -0.1) is 0 Å². The zero-order valence-corrected chi connectivity index (χ0v) is 8.90. The fraction of sp³-hybridized carbons (Fsp3) is 0.400. The molecule has 2 aromatic heterocycles. The highest BCUT2D eigenvalue weighted by Gasteiger charge is 2.02. The van der Waals surface area contributed by atoms with E-state index in [-0.39, 0.29) is 0 Å². The summed E-state index contributed by atoms with van der Waals surface area (Å²) in [6, 6.07) is 4.03. The van der Waals surface area contributed by atoms with Crippen molar-refractivity contribution in [1.82, 2.24) is 14.6 Å². The molecule has 15 heavy (non-hydrogen) atoms. The Morgan fingerprint density at radius 1 is 1.47 bits per heavy atom. The maximum Gasteiger partial charge on any atom is 0.157 e. The quantitative estimate of drug-likeness (QED) is 0.761. The maximum absolute atomic E-state index is 4.98. The number of methoxy groups -OCH3 is 1. The van der Waals surface area contributed by atoms with Gasteiger partial charge in [0.2, 0.25) is 0 Å². The summed E-state index contributed by atoms with van der Waals surface area (Å²) in [7, 11) is 1.68. The van der Waals surface area contributed by atoms with E-state index in [2.05, 4.69) is 15.4 Å². The van der Waals surface area contributed by atoms with Gasteiger partial charge >= 0.3 is 0 Å². The Kier molecular flexibility index (Phi) is 2.82. The molecule has 0 aromatic carbocycles. The maximum atomic E-state index is 4.98. The van der Waals surface area contributed by atoms with Gasteiger partial charge in [0.15, 0.2) is 5.65 Å². The molecular weight excluding hydrogens is 192 g/mol. The third-order valence-electron chi connectivity index (χ3n) is 2.14. The highest BCUT2D eigenvalue weighted by Crippen LogP contribution is 2.12. The smallest absolute Gasteiger partial charge is 0.157 e. The number of nitrogens with zero attached hydrogens (tertiary/aromatic N) is 3. The first-order chi connectivity index (χ1) is 7.31. The zero-order valence-electron chi connectivity index (χ0n) is 8.90. The molecule has 2 rings (SSSR count). The van der Waals surface area contributed by atoms with E-state index in [0.29, 0.717) is 6.61 Å². The molecule has 0 saturated heterocycles. The number of pyridine rings is 1. The molecule has 0 aliphatic carbocycles. The molecule has 0 radical (unpaired) electrons. The number of aryl methyl sites for hydroxylation is 1. The summed E-state index contributed by atoms with van der Waals surface area (Å²) >= 11 is 0. The van der Waals surface area contributed by atoms with Gasteiger partial charge in [0.1, 0.15) is 12.1 Å². The van der Waals surface area contributed by atoms with E-state index in [0.717, 1.165) is 23.6 Å². The van der Waals surface area contributed by atoms with Gasteiger partial charge in [0, 0.05) is 13.7 Å². The van der Waals surface area contributed by atoms with Crippen LogP contribution in [0.3, 0.4) is 0 Å². The summed E-state index contributed by atoms with van der Waals surface area (Å²) in [6.45, 7) is 3.47. The second-order valence-corrected chi connectivity index (χ2v) is 3.37. The molecule has 80 valence electrons. The number of rotatable bonds is 4. The summed E-state index contributed by atoms with van der Waals surface area (Å²) in [4.78, 5) is 4.15. The normalized spacial score (nSPS) is 10.8. The Morgan fingerprint density at radius 2 is 2.33 bits per heavy atom. The number of fused-ring (bicyclic) bond motifs is 1. The summed E-state index contributed by atoms with van der Waals surface area (Å²) < 4.78 is 6.76. The lowest BCUT2D eigenvalue weighted by molar-refractivity contribution is 0.210. The van der Waals surface area contributed by atoms with Gasteiger partial charge in [-0.05, 0) is 24.6 Å². The monoisotopic (exact) mass is 206 g/mol. The lowest BCUT2D eigenvalue weighted by Crippen LogP contribution is -2.11. The summed E-state index contributed by atoms with van der Waals surface area (Å²) in [6.07, 6.45) is 1.55. The van der Waals surface area contributed by atoms with Crippen LogP contribution in [-0.2, 0) is 4.74 Å². The fourth-order valence-electron chi connectivity index (χ4n) is 1.46. The Bertz CT molecular complexity index is 452. The van der Waals surface area contributed by atoms with Crippen LogP contribution in [0.2, 0.25) is 0 Å². The molecule has 2 heterocycles. The van der Waals surface area contributed by atoms with Gasteiger partial charge in [0.25, 0.3) is 0 Å². The molecule has 5 heteroatoms. The zero-order chi connectivity index (χ0) is 10.7. The van der Waals surface area contributed by atoms with Crippen LogP contribution in [0, 0.1) is 6.92 Å². The van der Waals surface area contributed by atoms with E-state index in [1.807, 2.05) is 19.1 Å². The van der Waals surface area contributed by atoms with Crippen molar-refractivity contribution < 1.29 is 4.74 Å². The predicted octanol–water partition coefficient (Wildman–Crippen LogP) is 1.10. The third-order valence-corrected chi connectivity index (χ3v) is 2.14. The van der Waals surface area contributed by atoms with Crippen molar-refractivity contribution in [2.75, 3.05) is 25.6 Å². The Hall–Kier alpha value is -1.62.